The van der Waals surface area contributed by atoms with Gasteiger partial charge in [-0.25, -0.2) is 9.97 Å². The number of imidazole rings is 1. The standard InChI is InChI=1S/C23H22BrN5OS/c1-13-7-15(3)21(16(4)8-13)29-19-5-6-25-11-18(19)27-23(29)31-12-20(30)28-22-17(24)9-14(2)10-26-22/h5-11H,12H2,1-4H3,(H,26,28,30). The predicted molar refractivity (Wildman–Crippen MR) is 129 cm³/mol. The Bertz CT molecular complexity index is 1280. The maximum Gasteiger partial charge on any atom is 0.236 e. The third-order valence-electron chi connectivity index (χ3n) is 4.85. The Morgan fingerprint density at radius 3 is 2.55 bits per heavy atom. The molecule has 0 unspecified atom stereocenters. The number of rotatable bonds is 5. The number of nitrogens with zero attached hydrogens (tertiary/aromatic N) is 4. The summed E-state index contributed by atoms with van der Waals surface area (Å²) in [6.07, 6.45) is 5.24. The molecule has 3 heterocycles. The predicted octanol–water partition coefficient (Wildman–Crippen LogP) is 5.54. The maximum absolute atomic E-state index is 12.6. The summed E-state index contributed by atoms with van der Waals surface area (Å²) in [5.74, 6) is 0.582. The number of amides is 1. The lowest BCUT2D eigenvalue weighted by Crippen LogP contribution is -2.16. The SMILES string of the molecule is Cc1cc(C)c(-n2c(SCC(=O)Nc3ncc(C)cc3Br)nc3cnccc32)c(C)c1. The van der Waals surface area contributed by atoms with Crippen molar-refractivity contribution < 1.29 is 4.79 Å². The summed E-state index contributed by atoms with van der Waals surface area (Å²) in [5.41, 5.74) is 7.41. The summed E-state index contributed by atoms with van der Waals surface area (Å²) in [6, 6.07) is 8.21. The number of anilines is 1. The van der Waals surface area contributed by atoms with Crippen molar-refractivity contribution in [2.45, 2.75) is 32.9 Å². The highest BCUT2D eigenvalue weighted by molar-refractivity contribution is 9.10. The lowest BCUT2D eigenvalue weighted by atomic mass is 10.0. The third kappa shape index (κ3) is 4.50. The molecule has 4 rings (SSSR count). The van der Waals surface area contributed by atoms with E-state index in [2.05, 4.69) is 68.7 Å². The molecule has 0 fully saturated rings. The van der Waals surface area contributed by atoms with Gasteiger partial charge in [0.05, 0.1) is 27.6 Å². The second-order valence-electron chi connectivity index (χ2n) is 7.52. The summed E-state index contributed by atoms with van der Waals surface area (Å²) in [6.45, 7) is 8.25. The van der Waals surface area contributed by atoms with Crippen LogP contribution in [0.25, 0.3) is 16.7 Å². The van der Waals surface area contributed by atoms with Gasteiger partial charge in [-0.3, -0.25) is 14.3 Å². The van der Waals surface area contributed by atoms with Crippen LogP contribution in [0, 0.1) is 27.7 Å². The van der Waals surface area contributed by atoms with Crippen LogP contribution in [-0.2, 0) is 4.79 Å². The normalized spacial score (nSPS) is 11.1. The van der Waals surface area contributed by atoms with E-state index in [0.29, 0.717) is 5.82 Å². The van der Waals surface area contributed by atoms with Crippen LogP contribution >= 0.6 is 27.7 Å². The Labute approximate surface area is 193 Å². The molecule has 1 aromatic carbocycles. The van der Waals surface area contributed by atoms with E-state index in [4.69, 9.17) is 4.98 Å². The largest absolute Gasteiger partial charge is 0.309 e. The van der Waals surface area contributed by atoms with Crippen LogP contribution in [0.3, 0.4) is 0 Å². The number of halogens is 1. The van der Waals surface area contributed by atoms with Crippen LogP contribution in [-0.4, -0.2) is 31.2 Å². The van der Waals surface area contributed by atoms with Gasteiger partial charge in [0, 0.05) is 12.4 Å². The maximum atomic E-state index is 12.6. The Morgan fingerprint density at radius 2 is 1.84 bits per heavy atom. The Balaban J connectivity index is 1.66. The summed E-state index contributed by atoms with van der Waals surface area (Å²) in [4.78, 5) is 25.9. The van der Waals surface area contributed by atoms with E-state index < -0.39 is 0 Å². The van der Waals surface area contributed by atoms with Gasteiger partial charge in [-0.2, -0.15) is 0 Å². The first-order valence-corrected chi connectivity index (χ1v) is 11.6. The zero-order valence-electron chi connectivity index (χ0n) is 17.7. The number of nitrogens with one attached hydrogen (secondary N) is 1. The van der Waals surface area contributed by atoms with E-state index in [0.717, 1.165) is 43.0 Å². The van der Waals surface area contributed by atoms with E-state index in [1.54, 1.807) is 18.6 Å². The van der Waals surface area contributed by atoms with Crippen molar-refractivity contribution in [3.8, 4) is 5.69 Å². The van der Waals surface area contributed by atoms with E-state index in [9.17, 15) is 4.79 Å². The second-order valence-corrected chi connectivity index (χ2v) is 9.32. The summed E-state index contributed by atoms with van der Waals surface area (Å²) in [7, 11) is 0. The van der Waals surface area contributed by atoms with Crippen LogP contribution in [0.1, 0.15) is 22.3 Å². The molecule has 158 valence electrons. The van der Waals surface area contributed by atoms with Crippen molar-refractivity contribution in [3.63, 3.8) is 0 Å². The average Bonchev–Trinajstić information content (AvgIpc) is 3.06. The van der Waals surface area contributed by atoms with E-state index in [1.165, 1.54) is 17.3 Å². The van der Waals surface area contributed by atoms with Gasteiger partial charge in [-0.05, 0) is 72.4 Å². The molecule has 0 aliphatic carbocycles. The van der Waals surface area contributed by atoms with Gasteiger partial charge >= 0.3 is 0 Å². The van der Waals surface area contributed by atoms with E-state index in [-0.39, 0.29) is 11.7 Å². The van der Waals surface area contributed by atoms with Crippen LogP contribution in [0.4, 0.5) is 5.82 Å². The van der Waals surface area contributed by atoms with Gasteiger partial charge < -0.3 is 5.32 Å². The van der Waals surface area contributed by atoms with Gasteiger partial charge in [0.1, 0.15) is 11.3 Å². The number of hydrogen-bond donors (Lipinski definition) is 1. The molecule has 3 aromatic heterocycles. The molecule has 0 saturated heterocycles. The van der Waals surface area contributed by atoms with Crippen LogP contribution in [0.2, 0.25) is 0 Å². The Kier molecular flexibility index (Phi) is 6.11. The molecule has 0 bridgehead atoms. The van der Waals surface area contributed by atoms with Crippen molar-refractivity contribution in [2.24, 2.45) is 0 Å². The monoisotopic (exact) mass is 495 g/mol. The molecule has 6 nitrogen and oxygen atoms in total. The van der Waals surface area contributed by atoms with Gasteiger partial charge in [0.15, 0.2) is 5.16 Å². The Morgan fingerprint density at radius 1 is 1.10 bits per heavy atom. The lowest BCUT2D eigenvalue weighted by Gasteiger charge is -2.16. The van der Waals surface area contributed by atoms with Crippen LogP contribution < -0.4 is 5.32 Å². The van der Waals surface area contributed by atoms with Crippen LogP contribution in [0.15, 0.2) is 52.5 Å². The van der Waals surface area contributed by atoms with Crippen molar-refractivity contribution in [3.05, 3.63) is 69.6 Å². The van der Waals surface area contributed by atoms with Gasteiger partial charge in [0.2, 0.25) is 5.91 Å². The quantitative estimate of drug-likeness (QED) is 0.367. The number of aryl methyl sites for hydroxylation is 4. The van der Waals surface area contributed by atoms with Crippen LogP contribution in [0.5, 0.6) is 0 Å². The first kappa shape index (κ1) is 21.5. The summed E-state index contributed by atoms with van der Waals surface area (Å²) >= 11 is 4.85. The molecular weight excluding hydrogens is 474 g/mol. The molecule has 1 N–H and O–H groups in total. The zero-order chi connectivity index (χ0) is 22.1. The number of fused-ring (bicyclic) bond motifs is 1. The number of carbonyl (C=O) groups excluding carboxylic acids is 1. The molecular formula is C23H22BrN5OS. The number of hydrogen-bond acceptors (Lipinski definition) is 5. The highest BCUT2D eigenvalue weighted by atomic mass is 79.9. The molecule has 4 aromatic rings. The summed E-state index contributed by atoms with van der Waals surface area (Å²) < 4.78 is 2.88. The zero-order valence-corrected chi connectivity index (χ0v) is 20.1. The fraction of sp³-hybridized carbons (Fsp3) is 0.217. The van der Waals surface area contributed by atoms with E-state index >= 15 is 0 Å². The second kappa shape index (κ2) is 8.80. The molecule has 31 heavy (non-hydrogen) atoms. The van der Waals surface area contributed by atoms with Crippen molar-refractivity contribution in [1.82, 2.24) is 19.5 Å². The number of pyridine rings is 2. The molecule has 0 saturated carbocycles. The average molecular weight is 496 g/mol. The van der Waals surface area contributed by atoms with Crippen molar-refractivity contribution in [1.29, 1.82) is 0 Å². The first-order valence-electron chi connectivity index (χ1n) is 9.79. The smallest absolute Gasteiger partial charge is 0.236 e. The van der Waals surface area contributed by atoms with E-state index in [1.807, 2.05) is 19.1 Å². The fourth-order valence-electron chi connectivity index (χ4n) is 3.67. The molecule has 0 aliphatic heterocycles. The molecule has 8 heteroatoms. The molecule has 0 atom stereocenters. The molecule has 0 aliphatic rings. The minimum absolute atomic E-state index is 0.142. The van der Waals surface area contributed by atoms with Crippen molar-refractivity contribution in [2.75, 3.05) is 11.1 Å². The number of thioether (sulfide) groups is 1. The minimum Gasteiger partial charge on any atom is -0.309 e. The molecule has 0 spiro atoms. The topological polar surface area (TPSA) is 72.7 Å². The van der Waals surface area contributed by atoms with Gasteiger partial charge in [-0.1, -0.05) is 29.5 Å². The third-order valence-corrected chi connectivity index (χ3v) is 6.40. The highest BCUT2D eigenvalue weighted by Gasteiger charge is 2.18. The molecule has 1 amide bonds. The van der Waals surface area contributed by atoms with Gasteiger partial charge in [-0.15, -0.1) is 0 Å². The van der Waals surface area contributed by atoms with Gasteiger partial charge in [0.25, 0.3) is 0 Å². The molecule has 0 radical (unpaired) electrons. The lowest BCUT2D eigenvalue weighted by molar-refractivity contribution is -0.113. The summed E-state index contributed by atoms with van der Waals surface area (Å²) in [5, 5.41) is 3.62. The minimum atomic E-state index is -0.142. The number of aromatic nitrogens is 4. The van der Waals surface area contributed by atoms with Crippen molar-refractivity contribution >= 4 is 50.5 Å². The Hall–Kier alpha value is -2.71. The highest BCUT2D eigenvalue weighted by Crippen LogP contribution is 2.31. The number of carbonyl (C=O) groups is 1. The first-order chi connectivity index (χ1) is 14.8. The number of benzene rings is 1. The fourth-order valence-corrected chi connectivity index (χ4v) is 5.05.